The molecule has 7 heteroatoms. The third-order valence-electron chi connectivity index (χ3n) is 3.86. The predicted molar refractivity (Wildman–Crippen MR) is 88.9 cm³/mol. The monoisotopic (exact) mass is 347 g/mol. The van der Waals surface area contributed by atoms with E-state index in [1.165, 1.54) is 13.2 Å². The summed E-state index contributed by atoms with van der Waals surface area (Å²) in [7, 11) is 0. The van der Waals surface area contributed by atoms with E-state index in [4.69, 9.17) is 13.9 Å². The van der Waals surface area contributed by atoms with Crippen molar-refractivity contribution in [1.82, 2.24) is 4.98 Å². The highest BCUT2D eigenvalue weighted by atomic mass is 16.6. The number of esters is 2. The summed E-state index contributed by atoms with van der Waals surface area (Å²) in [5, 5.41) is 0. The Hall–Kier alpha value is -2.83. The highest BCUT2D eigenvalue weighted by Gasteiger charge is 2.28. The summed E-state index contributed by atoms with van der Waals surface area (Å²) in [6.07, 6.45) is 0.339. The fourth-order valence-electron chi connectivity index (χ4n) is 2.56. The van der Waals surface area contributed by atoms with Gasteiger partial charge in [-0.05, 0) is 46.2 Å². The summed E-state index contributed by atoms with van der Waals surface area (Å²) < 4.78 is 15.3. The molecular weight excluding hydrogens is 326 g/mol. The summed E-state index contributed by atoms with van der Waals surface area (Å²) in [6, 6.07) is 1.63. The largest absolute Gasteiger partial charge is 0.462 e. The molecule has 2 rings (SSSR count). The molecule has 134 valence electrons. The van der Waals surface area contributed by atoms with Crippen LogP contribution in [0.1, 0.15) is 62.1 Å². The lowest BCUT2D eigenvalue weighted by Gasteiger charge is -2.11. The standard InChI is InChI=1S/C18H21NO6/c1-6-23-17(21)13-10(3)14(19-11(13)4)15(20)12(5)25-18(22)16-9(2)7-8-24-16/h7-8,12,19H,6H2,1-5H3. The number of rotatable bonds is 6. The lowest BCUT2D eigenvalue weighted by molar-refractivity contribution is 0.0286. The Morgan fingerprint density at radius 2 is 1.88 bits per heavy atom. The first kappa shape index (κ1) is 18.5. The SMILES string of the molecule is CCOC(=O)c1c(C)[nH]c(C(=O)C(C)OC(=O)c2occc2C)c1C. The first-order valence-electron chi connectivity index (χ1n) is 7.93. The molecule has 0 aliphatic heterocycles. The molecule has 2 aromatic rings. The summed E-state index contributed by atoms with van der Waals surface area (Å²) >= 11 is 0. The number of aromatic amines is 1. The van der Waals surface area contributed by atoms with Crippen LogP contribution in [0.5, 0.6) is 0 Å². The van der Waals surface area contributed by atoms with Crippen LogP contribution in [-0.2, 0) is 9.47 Å². The highest BCUT2D eigenvalue weighted by Crippen LogP contribution is 2.21. The average molecular weight is 347 g/mol. The van der Waals surface area contributed by atoms with Crippen LogP contribution in [0.25, 0.3) is 0 Å². The Labute approximate surface area is 145 Å². The van der Waals surface area contributed by atoms with Gasteiger partial charge < -0.3 is 18.9 Å². The summed E-state index contributed by atoms with van der Waals surface area (Å²) in [4.78, 5) is 39.6. The van der Waals surface area contributed by atoms with E-state index >= 15 is 0 Å². The Bertz CT molecular complexity index is 814. The van der Waals surface area contributed by atoms with E-state index in [1.54, 1.807) is 33.8 Å². The quantitative estimate of drug-likeness (QED) is 0.637. The molecule has 0 saturated heterocycles. The van der Waals surface area contributed by atoms with Gasteiger partial charge in [-0.15, -0.1) is 0 Å². The van der Waals surface area contributed by atoms with Gasteiger partial charge in [0.25, 0.3) is 0 Å². The first-order chi connectivity index (χ1) is 11.8. The van der Waals surface area contributed by atoms with Crippen molar-refractivity contribution in [1.29, 1.82) is 0 Å². The van der Waals surface area contributed by atoms with E-state index in [0.717, 1.165) is 0 Å². The second-order valence-corrected chi connectivity index (χ2v) is 5.69. The number of nitrogens with one attached hydrogen (secondary N) is 1. The smallest absolute Gasteiger partial charge is 0.375 e. The van der Waals surface area contributed by atoms with Gasteiger partial charge in [-0.2, -0.15) is 0 Å². The van der Waals surface area contributed by atoms with Crippen molar-refractivity contribution >= 4 is 17.7 Å². The van der Waals surface area contributed by atoms with E-state index in [0.29, 0.717) is 22.4 Å². The number of furan rings is 1. The number of ketones is 1. The second-order valence-electron chi connectivity index (χ2n) is 5.69. The van der Waals surface area contributed by atoms with E-state index in [-0.39, 0.29) is 18.1 Å². The topological polar surface area (TPSA) is 98.6 Å². The van der Waals surface area contributed by atoms with Gasteiger partial charge >= 0.3 is 11.9 Å². The highest BCUT2D eigenvalue weighted by molar-refractivity contribution is 6.04. The molecule has 0 radical (unpaired) electrons. The van der Waals surface area contributed by atoms with Crippen LogP contribution >= 0.6 is 0 Å². The van der Waals surface area contributed by atoms with E-state index < -0.39 is 23.8 Å². The van der Waals surface area contributed by atoms with Crippen LogP contribution < -0.4 is 0 Å². The molecule has 1 unspecified atom stereocenters. The molecule has 0 aliphatic rings. The molecule has 0 bridgehead atoms. The zero-order valence-corrected chi connectivity index (χ0v) is 14.9. The van der Waals surface area contributed by atoms with Crippen molar-refractivity contribution < 1.29 is 28.3 Å². The third-order valence-corrected chi connectivity index (χ3v) is 3.86. The van der Waals surface area contributed by atoms with Crippen molar-refractivity contribution in [2.75, 3.05) is 6.61 Å². The van der Waals surface area contributed by atoms with Gasteiger partial charge in [0, 0.05) is 11.3 Å². The molecule has 0 aromatic carbocycles. The maximum Gasteiger partial charge on any atom is 0.375 e. The van der Waals surface area contributed by atoms with Crippen molar-refractivity contribution in [2.24, 2.45) is 0 Å². The maximum atomic E-state index is 12.6. The molecule has 0 saturated carbocycles. The number of ether oxygens (including phenoxy) is 2. The van der Waals surface area contributed by atoms with Gasteiger partial charge in [-0.1, -0.05) is 0 Å². The third kappa shape index (κ3) is 3.65. The minimum absolute atomic E-state index is 0.0613. The van der Waals surface area contributed by atoms with Gasteiger partial charge in [0.15, 0.2) is 6.10 Å². The van der Waals surface area contributed by atoms with Crippen molar-refractivity contribution in [3.8, 4) is 0 Å². The number of H-pyrrole nitrogens is 1. The summed E-state index contributed by atoms with van der Waals surface area (Å²) in [6.45, 7) is 8.45. The second kappa shape index (κ2) is 7.38. The Balaban J connectivity index is 2.20. The number of aromatic nitrogens is 1. The molecule has 0 amide bonds. The zero-order chi connectivity index (χ0) is 18.7. The Morgan fingerprint density at radius 1 is 1.20 bits per heavy atom. The molecule has 0 spiro atoms. The lowest BCUT2D eigenvalue weighted by Crippen LogP contribution is -2.25. The molecule has 0 aliphatic carbocycles. The Morgan fingerprint density at radius 3 is 2.44 bits per heavy atom. The maximum absolute atomic E-state index is 12.6. The summed E-state index contributed by atoms with van der Waals surface area (Å²) in [5.41, 5.74) is 2.17. The number of carbonyl (C=O) groups excluding carboxylic acids is 3. The predicted octanol–water partition coefficient (Wildman–Crippen LogP) is 3.14. The van der Waals surface area contributed by atoms with Crippen LogP contribution in [0.3, 0.4) is 0 Å². The molecule has 0 fully saturated rings. The zero-order valence-electron chi connectivity index (χ0n) is 14.9. The van der Waals surface area contributed by atoms with Crippen LogP contribution in [0.15, 0.2) is 16.7 Å². The number of aryl methyl sites for hydroxylation is 2. The molecule has 7 nitrogen and oxygen atoms in total. The van der Waals surface area contributed by atoms with E-state index in [1.807, 2.05) is 0 Å². The normalized spacial score (nSPS) is 11.9. The van der Waals surface area contributed by atoms with Gasteiger partial charge in [0.05, 0.1) is 24.1 Å². The van der Waals surface area contributed by atoms with Gasteiger partial charge in [0.1, 0.15) is 0 Å². The van der Waals surface area contributed by atoms with Crippen molar-refractivity contribution in [2.45, 2.75) is 40.7 Å². The van der Waals surface area contributed by atoms with Gasteiger partial charge in [0.2, 0.25) is 11.5 Å². The van der Waals surface area contributed by atoms with Gasteiger partial charge in [-0.3, -0.25) is 4.79 Å². The van der Waals surface area contributed by atoms with Gasteiger partial charge in [-0.25, -0.2) is 9.59 Å². The molecular formula is C18H21NO6. The molecule has 2 aromatic heterocycles. The van der Waals surface area contributed by atoms with Crippen LogP contribution in [0.2, 0.25) is 0 Å². The van der Waals surface area contributed by atoms with Crippen molar-refractivity contribution in [3.05, 3.63) is 46.2 Å². The Kier molecular flexibility index (Phi) is 5.46. The summed E-state index contributed by atoms with van der Waals surface area (Å²) in [5.74, 6) is -1.58. The first-order valence-corrected chi connectivity index (χ1v) is 7.93. The minimum atomic E-state index is -1.04. The number of hydrogen-bond donors (Lipinski definition) is 1. The minimum Gasteiger partial charge on any atom is -0.462 e. The molecule has 25 heavy (non-hydrogen) atoms. The molecule has 1 N–H and O–H groups in total. The number of hydrogen-bond acceptors (Lipinski definition) is 6. The van der Waals surface area contributed by atoms with Crippen molar-refractivity contribution in [3.63, 3.8) is 0 Å². The molecule has 1 atom stereocenters. The van der Waals surface area contributed by atoms with Crippen LogP contribution in [0, 0.1) is 20.8 Å². The fourth-order valence-corrected chi connectivity index (χ4v) is 2.56. The molecule has 2 heterocycles. The lowest BCUT2D eigenvalue weighted by atomic mass is 10.1. The van der Waals surface area contributed by atoms with E-state index in [9.17, 15) is 14.4 Å². The van der Waals surface area contributed by atoms with E-state index in [2.05, 4.69) is 4.98 Å². The number of carbonyl (C=O) groups is 3. The van der Waals surface area contributed by atoms with Crippen LogP contribution in [-0.4, -0.2) is 35.4 Å². The number of Topliss-reactive ketones (excluding diaryl/α,β-unsaturated/α-hetero) is 1. The average Bonchev–Trinajstić information content (AvgIpc) is 3.10. The van der Waals surface area contributed by atoms with Crippen LogP contribution in [0.4, 0.5) is 0 Å². The fraction of sp³-hybridized carbons (Fsp3) is 0.389.